The number of carbonyl (C=O) groups excluding carboxylic acids is 1. The zero-order chi connectivity index (χ0) is 16.2. The highest BCUT2D eigenvalue weighted by atomic mass is 16.5. The van der Waals surface area contributed by atoms with Gasteiger partial charge < -0.3 is 18.9 Å². The monoisotopic (exact) mass is 316 g/mol. The van der Waals surface area contributed by atoms with E-state index in [1.807, 2.05) is 25.3 Å². The van der Waals surface area contributed by atoms with Gasteiger partial charge in [0.15, 0.2) is 0 Å². The van der Waals surface area contributed by atoms with Crippen molar-refractivity contribution in [2.75, 3.05) is 20.3 Å². The highest BCUT2D eigenvalue weighted by Gasteiger charge is 2.30. The van der Waals surface area contributed by atoms with Crippen molar-refractivity contribution in [2.45, 2.75) is 26.1 Å². The van der Waals surface area contributed by atoms with Gasteiger partial charge in [0, 0.05) is 26.4 Å². The first kappa shape index (κ1) is 15.5. The number of pyridine rings is 1. The summed E-state index contributed by atoms with van der Waals surface area (Å²) in [6, 6.07) is 3.63. The molecule has 0 aromatic carbocycles. The van der Waals surface area contributed by atoms with Gasteiger partial charge in [-0.15, -0.1) is 0 Å². The van der Waals surface area contributed by atoms with Crippen LogP contribution in [0.2, 0.25) is 0 Å². The average molecular weight is 316 g/mol. The van der Waals surface area contributed by atoms with Gasteiger partial charge in [0.2, 0.25) is 5.91 Å². The number of hydrogen-bond donors (Lipinski definition) is 0. The van der Waals surface area contributed by atoms with Crippen molar-refractivity contribution >= 4 is 5.91 Å². The normalized spacial score (nSPS) is 17.0. The summed E-state index contributed by atoms with van der Waals surface area (Å²) in [5.74, 6) is 1.59. The van der Waals surface area contributed by atoms with Gasteiger partial charge in [-0.1, -0.05) is 0 Å². The number of amides is 1. The lowest BCUT2D eigenvalue weighted by molar-refractivity contribution is -0.138. The number of aromatic nitrogens is 3. The molecule has 1 aliphatic heterocycles. The smallest absolute Gasteiger partial charge is 0.249 e. The van der Waals surface area contributed by atoms with Crippen LogP contribution in [0, 0.1) is 0 Å². The van der Waals surface area contributed by atoms with Gasteiger partial charge in [-0.3, -0.25) is 9.78 Å². The largest absolute Gasteiger partial charge is 0.486 e. The third-order valence-corrected chi connectivity index (χ3v) is 3.98. The van der Waals surface area contributed by atoms with E-state index in [1.54, 1.807) is 17.3 Å². The van der Waals surface area contributed by atoms with Gasteiger partial charge in [0.1, 0.15) is 24.8 Å². The molecule has 0 fully saturated rings. The number of carbonyl (C=O) groups is 1. The molecule has 23 heavy (non-hydrogen) atoms. The molecule has 7 heteroatoms. The van der Waals surface area contributed by atoms with Gasteiger partial charge in [-0.2, -0.15) is 0 Å². The summed E-state index contributed by atoms with van der Waals surface area (Å²) < 4.78 is 12.8. The number of hydrogen-bond acceptors (Lipinski definition) is 5. The number of nitrogens with zero attached hydrogens (tertiary/aromatic N) is 4. The highest BCUT2D eigenvalue weighted by molar-refractivity contribution is 5.78. The van der Waals surface area contributed by atoms with Crippen LogP contribution in [-0.4, -0.2) is 45.6 Å². The fraction of sp³-hybridized carbons (Fsp3) is 0.438. The van der Waals surface area contributed by atoms with Gasteiger partial charge in [0.25, 0.3) is 0 Å². The van der Waals surface area contributed by atoms with E-state index >= 15 is 0 Å². The summed E-state index contributed by atoms with van der Waals surface area (Å²) in [7, 11) is 1.53. The van der Waals surface area contributed by atoms with E-state index in [9.17, 15) is 4.79 Å². The van der Waals surface area contributed by atoms with Crippen LogP contribution < -0.4 is 4.74 Å². The molecule has 1 amide bonds. The molecular weight excluding hydrogens is 296 g/mol. The first-order valence-corrected chi connectivity index (χ1v) is 7.56. The van der Waals surface area contributed by atoms with Crippen molar-refractivity contribution in [1.82, 2.24) is 19.4 Å². The Morgan fingerprint density at radius 2 is 2.26 bits per heavy atom. The molecule has 1 atom stereocenters. The first-order chi connectivity index (χ1) is 11.2. The second-order valence-electron chi connectivity index (χ2n) is 5.43. The summed E-state index contributed by atoms with van der Waals surface area (Å²) in [5.41, 5.74) is 0.995. The van der Waals surface area contributed by atoms with E-state index in [-0.39, 0.29) is 18.6 Å². The summed E-state index contributed by atoms with van der Waals surface area (Å²) in [5, 5.41) is 0. The molecular formula is C16H20N4O3. The summed E-state index contributed by atoms with van der Waals surface area (Å²) >= 11 is 0. The molecule has 2 aromatic heterocycles. The lowest BCUT2D eigenvalue weighted by Crippen LogP contribution is -2.43. The van der Waals surface area contributed by atoms with Crippen LogP contribution >= 0.6 is 0 Å². The Hall–Kier alpha value is -2.41. The van der Waals surface area contributed by atoms with E-state index in [0.717, 1.165) is 17.3 Å². The first-order valence-electron chi connectivity index (χ1n) is 7.56. The molecule has 0 unspecified atom stereocenters. The van der Waals surface area contributed by atoms with Crippen molar-refractivity contribution in [3.05, 3.63) is 42.2 Å². The van der Waals surface area contributed by atoms with Gasteiger partial charge in [-0.25, -0.2) is 4.98 Å². The van der Waals surface area contributed by atoms with Crippen LogP contribution in [0.15, 0.2) is 30.7 Å². The van der Waals surface area contributed by atoms with E-state index in [0.29, 0.717) is 19.7 Å². The highest BCUT2D eigenvalue weighted by Crippen LogP contribution is 2.25. The molecule has 0 bridgehead atoms. The molecule has 0 spiro atoms. The third-order valence-electron chi connectivity index (χ3n) is 3.98. The van der Waals surface area contributed by atoms with Gasteiger partial charge in [-0.05, 0) is 19.1 Å². The molecule has 7 nitrogen and oxygen atoms in total. The quantitative estimate of drug-likeness (QED) is 0.834. The molecule has 3 rings (SSSR count). The molecule has 0 saturated carbocycles. The minimum absolute atomic E-state index is 0.0117. The third kappa shape index (κ3) is 3.19. The Morgan fingerprint density at radius 3 is 3.00 bits per heavy atom. The van der Waals surface area contributed by atoms with Crippen molar-refractivity contribution in [3.8, 4) is 5.75 Å². The van der Waals surface area contributed by atoms with Crippen LogP contribution in [-0.2, 0) is 22.7 Å². The number of fused-ring (bicyclic) bond motifs is 1. The number of imidazole rings is 1. The molecule has 2 aromatic rings. The minimum Gasteiger partial charge on any atom is -0.486 e. The predicted octanol–water partition coefficient (Wildman–Crippen LogP) is 1.41. The van der Waals surface area contributed by atoms with E-state index in [1.165, 1.54) is 7.11 Å². The Morgan fingerprint density at radius 1 is 1.39 bits per heavy atom. The second-order valence-corrected chi connectivity index (χ2v) is 5.43. The lowest BCUT2D eigenvalue weighted by atomic mass is 10.2. The fourth-order valence-electron chi connectivity index (χ4n) is 2.81. The zero-order valence-electron chi connectivity index (χ0n) is 13.3. The molecule has 0 saturated heterocycles. The summed E-state index contributed by atoms with van der Waals surface area (Å²) in [6.45, 7) is 3.87. The SMILES string of the molecule is COCC(=O)N1CCn2c(COc3cccnc3)cnc2[C@H]1C. The van der Waals surface area contributed by atoms with Crippen molar-refractivity contribution in [1.29, 1.82) is 0 Å². The van der Waals surface area contributed by atoms with E-state index < -0.39 is 0 Å². The van der Waals surface area contributed by atoms with Crippen LogP contribution in [0.3, 0.4) is 0 Å². The summed E-state index contributed by atoms with van der Waals surface area (Å²) in [4.78, 5) is 22.4. The summed E-state index contributed by atoms with van der Waals surface area (Å²) in [6.07, 6.45) is 5.20. The van der Waals surface area contributed by atoms with Crippen molar-refractivity contribution in [2.24, 2.45) is 0 Å². The maximum atomic E-state index is 12.1. The number of methoxy groups -OCH3 is 1. The fourth-order valence-corrected chi connectivity index (χ4v) is 2.81. The second kappa shape index (κ2) is 6.78. The Kier molecular flexibility index (Phi) is 4.57. The van der Waals surface area contributed by atoms with Crippen molar-refractivity contribution < 1.29 is 14.3 Å². The van der Waals surface area contributed by atoms with Crippen LogP contribution in [0.25, 0.3) is 0 Å². The molecule has 122 valence electrons. The number of ether oxygens (including phenoxy) is 2. The zero-order valence-corrected chi connectivity index (χ0v) is 13.3. The molecule has 1 aliphatic rings. The van der Waals surface area contributed by atoms with Crippen LogP contribution in [0.4, 0.5) is 0 Å². The van der Waals surface area contributed by atoms with E-state index in [2.05, 4.69) is 14.5 Å². The molecule has 0 radical (unpaired) electrons. The standard InChI is InChI=1S/C16H20N4O3/c1-12-16-18-8-13(10-23-14-4-3-5-17-9-14)20(16)7-6-19(12)15(21)11-22-2/h3-5,8-9,12H,6-7,10-11H2,1-2H3/t12-/m1/s1. The number of rotatable bonds is 5. The lowest BCUT2D eigenvalue weighted by Gasteiger charge is -2.34. The maximum absolute atomic E-state index is 12.1. The Bertz CT molecular complexity index is 671. The van der Waals surface area contributed by atoms with Crippen molar-refractivity contribution in [3.63, 3.8) is 0 Å². The van der Waals surface area contributed by atoms with Gasteiger partial charge >= 0.3 is 0 Å². The molecule has 0 aliphatic carbocycles. The minimum atomic E-state index is -0.0708. The van der Waals surface area contributed by atoms with Crippen LogP contribution in [0.5, 0.6) is 5.75 Å². The Labute approximate surface area is 134 Å². The van der Waals surface area contributed by atoms with Crippen LogP contribution in [0.1, 0.15) is 24.5 Å². The topological polar surface area (TPSA) is 69.5 Å². The molecule has 3 heterocycles. The van der Waals surface area contributed by atoms with Gasteiger partial charge in [0.05, 0.1) is 24.1 Å². The predicted molar refractivity (Wildman–Crippen MR) is 82.8 cm³/mol. The molecule has 0 N–H and O–H groups in total. The van der Waals surface area contributed by atoms with E-state index in [4.69, 9.17) is 9.47 Å². The average Bonchev–Trinajstić information content (AvgIpc) is 2.98. The Balaban J connectivity index is 1.71. The maximum Gasteiger partial charge on any atom is 0.249 e.